The standard InChI is InChI=1S/C13H14N4OS/c1-19-13-7-6-10(8-14-13)9-18-17-12-5-3-2-4-11(12)15-16-17/h2-8,11-12H,9H2,1H3. The van der Waals surface area contributed by atoms with Crippen LogP contribution in [0.3, 0.4) is 0 Å². The first-order valence-corrected chi connectivity index (χ1v) is 7.26. The third kappa shape index (κ3) is 2.69. The SMILES string of the molecule is CSc1ccc(CON2N=NC3C=CC=CC32)cn1. The molecule has 0 fully saturated rings. The highest BCUT2D eigenvalue weighted by atomic mass is 32.2. The maximum absolute atomic E-state index is 5.67. The van der Waals surface area contributed by atoms with E-state index in [9.17, 15) is 0 Å². The van der Waals surface area contributed by atoms with E-state index in [-0.39, 0.29) is 12.1 Å². The van der Waals surface area contributed by atoms with E-state index < -0.39 is 0 Å². The number of hydrogen-bond acceptors (Lipinski definition) is 6. The van der Waals surface area contributed by atoms with Crippen LogP contribution in [0.5, 0.6) is 0 Å². The molecule has 1 aromatic heterocycles. The molecule has 0 saturated carbocycles. The summed E-state index contributed by atoms with van der Waals surface area (Å²) in [5.74, 6) is 0. The van der Waals surface area contributed by atoms with Gasteiger partial charge in [-0.3, -0.25) is 0 Å². The quantitative estimate of drug-likeness (QED) is 0.792. The molecule has 0 saturated heterocycles. The number of nitrogens with zero attached hydrogens (tertiary/aromatic N) is 4. The van der Waals surface area contributed by atoms with Crippen LogP contribution < -0.4 is 0 Å². The molecule has 98 valence electrons. The number of rotatable bonds is 4. The lowest BCUT2D eigenvalue weighted by Gasteiger charge is -2.21. The lowest BCUT2D eigenvalue weighted by atomic mass is 10.1. The smallest absolute Gasteiger partial charge is 0.124 e. The first-order chi connectivity index (χ1) is 9.36. The molecule has 1 aromatic rings. The van der Waals surface area contributed by atoms with Crippen molar-refractivity contribution in [2.24, 2.45) is 10.3 Å². The lowest BCUT2D eigenvalue weighted by molar-refractivity contribution is -0.180. The summed E-state index contributed by atoms with van der Waals surface area (Å²) in [5, 5.41) is 10.8. The summed E-state index contributed by atoms with van der Waals surface area (Å²) in [4.78, 5) is 9.98. The van der Waals surface area contributed by atoms with Gasteiger partial charge in [-0.05, 0) is 23.1 Å². The van der Waals surface area contributed by atoms with Gasteiger partial charge in [0.25, 0.3) is 0 Å². The Bertz CT molecular complexity index is 526. The summed E-state index contributed by atoms with van der Waals surface area (Å²) in [7, 11) is 0. The van der Waals surface area contributed by atoms with Crippen molar-refractivity contribution in [3.8, 4) is 0 Å². The van der Waals surface area contributed by atoms with Crippen LogP contribution in [0.2, 0.25) is 0 Å². The third-order valence-electron chi connectivity index (χ3n) is 2.98. The number of allylic oxidation sites excluding steroid dienone is 2. The van der Waals surface area contributed by atoms with E-state index in [0.29, 0.717) is 6.61 Å². The summed E-state index contributed by atoms with van der Waals surface area (Å²) >= 11 is 1.62. The zero-order chi connectivity index (χ0) is 13.1. The van der Waals surface area contributed by atoms with E-state index in [1.54, 1.807) is 16.9 Å². The van der Waals surface area contributed by atoms with Crippen molar-refractivity contribution in [3.63, 3.8) is 0 Å². The minimum Gasteiger partial charge on any atom is -0.250 e. The normalized spacial score (nSPS) is 23.9. The van der Waals surface area contributed by atoms with Crippen molar-refractivity contribution in [1.82, 2.24) is 10.2 Å². The van der Waals surface area contributed by atoms with Crippen LogP contribution >= 0.6 is 11.8 Å². The van der Waals surface area contributed by atoms with E-state index in [2.05, 4.69) is 15.3 Å². The number of hydrogen-bond donors (Lipinski definition) is 0. The van der Waals surface area contributed by atoms with Gasteiger partial charge >= 0.3 is 0 Å². The fourth-order valence-corrected chi connectivity index (χ4v) is 2.30. The molecule has 2 heterocycles. The summed E-state index contributed by atoms with van der Waals surface area (Å²) < 4.78 is 0. The third-order valence-corrected chi connectivity index (χ3v) is 3.64. The highest BCUT2D eigenvalue weighted by Crippen LogP contribution is 2.23. The van der Waals surface area contributed by atoms with Crippen molar-refractivity contribution < 1.29 is 4.84 Å². The summed E-state index contributed by atoms with van der Waals surface area (Å²) in [6, 6.07) is 4.14. The number of thioether (sulfide) groups is 1. The molecule has 5 nitrogen and oxygen atoms in total. The average molecular weight is 274 g/mol. The maximum Gasteiger partial charge on any atom is 0.124 e. The summed E-state index contributed by atoms with van der Waals surface area (Å²) in [6.45, 7) is 0.446. The second-order valence-electron chi connectivity index (χ2n) is 4.24. The van der Waals surface area contributed by atoms with Gasteiger partial charge in [0.15, 0.2) is 0 Å². The minimum absolute atomic E-state index is 0.0713. The molecule has 0 radical (unpaired) electrons. The number of pyridine rings is 1. The van der Waals surface area contributed by atoms with E-state index in [4.69, 9.17) is 4.84 Å². The second kappa shape index (κ2) is 5.54. The van der Waals surface area contributed by atoms with E-state index in [1.807, 2.05) is 48.9 Å². The van der Waals surface area contributed by atoms with Crippen molar-refractivity contribution in [3.05, 3.63) is 48.2 Å². The Morgan fingerprint density at radius 3 is 3.00 bits per heavy atom. The first-order valence-electron chi connectivity index (χ1n) is 6.03. The van der Waals surface area contributed by atoms with Gasteiger partial charge in [-0.25, -0.2) is 9.82 Å². The highest BCUT2D eigenvalue weighted by Gasteiger charge is 2.30. The van der Waals surface area contributed by atoms with Crippen LogP contribution in [0.1, 0.15) is 5.56 Å². The molecule has 0 bridgehead atoms. The van der Waals surface area contributed by atoms with Crippen molar-refractivity contribution in [2.45, 2.75) is 23.7 Å². The molecule has 0 amide bonds. The van der Waals surface area contributed by atoms with Crippen LogP contribution in [0, 0.1) is 0 Å². The molecule has 2 atom stereocenters. The van der Waals surface area contributed by atoms with Gasteiger partial charge in [0, 0.05) is 6.20 Å². The Hall–Kier alpha value is -1.66. The topological polar surface area (TPSA) is 50.1 Å². The fourth-order valence-electron chi connectivity index (χ4n) is 1.93. The molecule has 19 heavy (non-hydrogen) atoms. The van der Waals surface area contributed by atoms with Gasteiger partial charge in [0.1, 0.15) is 18.7 Å². The monoisotopic (exact) mass is 274 g/mol. The number of fused-ring (bicyclic) bond motifs is 1. The van der Waals surface area contributed by atoms with Crippen molar-refractivity contribution in [2.75, 3.05) is 6.26 Å². The van der Waals surface area contributed by atoms with Crippen molar-refractivity contribution in [1.29, 1.82) is 0 Å². The molecule has 0 aromatic carbocycles. The van der Waals surface area contributed by atoms with Gasteiger partial charge in [0.05, 0.1) is 5.03 Å². The van der Waals surface area contributed by atoms with Gasteiger partial charge in [-0.1, -0.05) is 30.4 Å². The predicted molar refractivity (Wildman–Crippen MR) is 73.4 cm³/mol. The maximum atomic E-state index is 5.67. The van der Waals surface area contributed by atoms with E-state index >= 15 is 0 Å². The first kappa shape index (κ1) is 12.4. The second-order valence-corrected chi connectivity index (χ2v) is 5.07. The van der Waals surface area contributed by atoms with Crippen LogP contribution in [0.25, 0.3) is 0 Å². The largest absolute Gasteiger partial charge is 0.250 e. The molecule has 2 aliphatic rings. The Morgan fingerprint density at radius 2 is 2.21 bits per heavy atom. The molecule has 0 N–H and O–H groups in total. The van der Waals surface area contributed by atoms with Crippen molar-refractivity contribution >= 4 is 11.8 Å². The Kier molecular flexibility index (Phi) is 3.61. The highest BCUT2D eigenvalue weighted by molar-refractivity contribution is 7.98. The van der Waals surface area contributed by atoms with E-state index in [0.717, 1.165) is 10.6 Å². The molecule has 1 aliphatic carbocycles. The van der Waals surface area contributed by atoms with Gasteiger partial charge in [-0.2, -0.15) is 5.11 Å². The Balaban J connectivity index is 1.59. The molecular formula is C13H14N4OS. The molecule has 0 spiro atoms. The van der Waals surface area contributed by atoms with Crippen LogP contribution in [-0.2, 0) is 11.4 Å². The Morgan fingerprint density at radius 1 is 1.32 bits per heavy atom. The van der Waals surface area contributed by atoms with Gasteiger partial charge in [0.2, 0.25) is 0 Å². The predicted octanol–water partition coefficient (Wildman–Crippen LogP) is 2.78. The number of hydroxylamine groups is 1. The summed E-state index contributed by atoms with van der Waals surface area (Å²) in [5.41, 5.74) is 1.02. The molecular weight excluding hydrogens is 260 g/mol. The molecule has 3 rings (SSSR count). The molecule has 6 heteroatoms. The zero-order valence-electron chi connectivity index (χ0n) is 10.5. The zero-order valence-corrected chi connectivity index (χ0v) is 11.3. The lowest BCUT2D eigenvalue weighted by Crippen LogP contribution is -2.33. The summed E-state index contributed by atoms with van der Waals surface area (Å²) in [6.07, 6.45) is 11.9. The minimum atomic E-state index is 0.0713. The fraction of sp³-hybridized carbons (Fsp3) is 0.308. The average Bonchev–Trinajstić information content (AvgIpc) is 2.89. The number of aromatic nitrogens is 1. The van der Waals surface area contributed by atoms with Crippen LogP contribution in [0.4, 0.5) is 0 Å². The Labute approximate surface area is 116 Å². The van der Waals surface area contributed by atoms with Gasteiger partial charge in [-0.15, -0.1) is 16.9 Å². The van der Waals surface area contributed by atoms with Crippen LogP contribution in [0.15, 0.2) is 58.0 Å². The van der Waals surface area contributed by atoms with Crippen LogP contribution in [-0.4, -0.2) is 28.5 Å². The van der Waals surface area contributed by atoms with Gasteiger partial charge < -0.3 is 0 Å². The molecule has 2 unspecified atom stereocenters. The molecule has 1 aliphatic heterocycles. The van der Waals surface area contributed by atoms with E-state index in [1.165, 1.54) is 0 Å².